The van der Waals surface area contributed by atoms with Gasteiger partial charge in [0.15, 0.2) is 0 Å². The van der Waals surface area contributed by atoms with Crippen molar-refractivity contribution in [1.82, 2.24) is 4.90 Å². The summed E-state index contributed by atoms with van der Waals surface area (Å²) in [5.41, 5.74) is 9.27. The summed E-state index contributed by atoms with van der Waals surface area (Å²) < 4.78 is 0. The summed E-state index contributed by atoms with van der Waals surface area (Å²) in [6.07, 6.45) is 3.43. The molecule has 3 aromatic carbocycles. The number of nitrogens with zero attached hydrogens (tertiary/aromatic N) is 1. The third-order valence-electron chi connectivity index (χ3n) is 7.26. The molecule has 166 valence electrons. The zero-order valence-corrected chi connectivity index (χ0v) is 19.4. The second-order valence-electron chi connectivity index (χ2n) is 9.08. The van der Waals surface area contributed by atoms with E-state index in [9.17, 15) is 5.11 Å². The fourth-order valence-electron chi connectivity index (χ4n) is 5.94. The van der Waals surface area contributed by atoms with Crippen LogP contribution in [0.15, 0.2) is 72.8 Å². The number of fused-ring (bicyclic) bond motifs is 2. The van der Waals surface area contributed by atoms with Crippen LogP contribution in [0.1, 0.15) is 54.0 Å². The maximum Gasteiger partial charge on any atom is 0.0929 e. The van der Waals surface area contributed by atoms with Crippen molar-refractivity contribution in [3.8, 4) is 0 Å². The largest absolute Gasteiger partial charge is 0.385 e. The average Bonchev–Trinajstić information content (AvgIpc) is 3.07. The summed E-state index contributed by atoms with van der Waals surface area (Å²) in [7, 11) is 0. The highest BCUT2D eigenvalue weighted by atomic mass is 35.5. The number of hydrogen-bond acceptors (Lipinski definition) is 3. The first-order valence-corrected chi connectivity index (χ1v) is 12.0. The molecule has 2 aliphatic heterocycles. The molecule has 5 heteroatoms. The number of hydrogen-bond donors (Lipinski definition) is 2. The van der Waals surface area contributed by atoms with Crippen molar-refractivity contribution in [2.45, 2.75) is 56.0 Å². The molecule has 0 aromatic heterocycles. The Balaban J connectivity index is 1.57. The van der Waals surface area contributed by atoms with E-state index in [1.54, 1.807) is 0 Å². The second-order valence-corrected chi connectivity index (χ2v) is 9.89. The van der Waals surface area contributed by atoms with E-state index >= 15 is 0 Å². The molecule has 3 N–H and O–H groups in total. The third-order valence-corrected chi connectivity index (χ3v) is 7.95. The van der Waals surface area contributed by atoms with E-state index in [1.807, 2.05) is 60.7 Å². The molecule has 2 saturated heterocycles. The van der Waals surface area contributed by atoms with Crippen molar-refractivity contribution in [3.05, 3.63) is 105 Å². The molecule has 5 rings (SSSR count). The van der Waals surface area contributed by atoms with E-state index in [1.165, 1.54) is 0 Å². The molecular weight excluding hydrogens is 439 g/mol. The highest BCUT2D eigenvalue weighted by Crippen LogP contribution is 2.52. The lowest BCUT2D eigenvalue weighted by molar-refractivity contribution is -0.0662. The molecule has 0 aliphatic carbocycles. The number of rotatable bonds is 5. The lowest BCUT2D eigenvalue weighted by atomic mass is 9.77. The van der Waals surface area contributed by atoms with Crippen molar-refractivity contribution in [2.24, 2.45) is 5.73 Å². The monoisotopic (exact) mass is 466 g/mol. The van der Waals surface area contributed by atoms with E-state index < -0.39 is 5.60 Å². The lowest BCUT2D eigenvalue weighted by Crippen LogP contribution is -2.51. The van der Waals surface area contributed by atoms with Gasteiger partial charge in [-0.3, -0.25) is 4.90 Å². The Labute approximate surface area is 199 Å². The Hall–Kier alpha value is -1.88. The molecule has 2 fully saturated rings. The minimum atomic E-state index is -0.871. The normalized spacial score (nSPS) is 25.4. The van der Waals surface area contributed by atoms with Crippen LogP contribution < -0.4 is 5.73 Å². The number of aliphatic hydroxyl groups is 1. The predicted octanol–water partition coefficient (Wildman–Crippen LogP) is 6.06. The standard InChI is InChI=1S/C27H28Cl2N2O/c28-24-11-5-2-8-21(24)26(22-9-3-6-12-25(22)29)31-19-13-14-20(31)16-27(32,15-19)23-10-4-1-7-18(23)17-30/h1-12,19-20,26,32H,13-17,30H2. The van der Waals surface area contributed by atoms with Gasteiger partial charge < -0.3 is 10.8 Å². The highest BCUT2D eigenvalue weighted by molar-refractivity contribution is 6.32. The minimum absolute atomic E-state index is 0.0517. The zero-order valence-electron chi connectivity index (χ0n) is 17.9. The molecule has 2 bridgehead atoms. The van der Waals surface area contributed by atoms with E-state index in [0.717, 1.165) is 45.1 Å². The molecule has 2 atom stereocenters. The molecular formula is C27H28Cl2N2O. The molecule has 0 spiro atoms. The van der Waals surface area contributed by atoms with Crippen LogP contribution in [0.3, 0.4) is 0 Å². The molecule has 0 saturated carbocycles. The van der Waals surface area contributed by atoms with E-state index in [2.05, 4.69) is 17.0 Å². The van der Waals surface area contributed by atoms with Crippen molar-refractivity contribution >= 4 is 23.2 Å². The van der Waals surface area contributed by atoms with E-state index in [4.69, 9.17) is 28.9 Å². The van der Waals surface area contributed by atoms with Gasteiger partial charge in [-0.1, -0.05) is 83.9 Å². The maximum atomic E-state index is 11.9. The number of halogens is 2. The second kappa shape index (κ2) is 8.81. The molecule has 3 nitrogen and oxygen atoms in total. The first kappa shape index (κ1) is 21.9. The summed E-state index contributed by atoms with van der Waals surface area (Å²) in [5.74, 6) is 0. The van der Waals surface area contributed by atoms with Crippen molar-refractivity contribution in [1.29, 1.82) is 0 Å². The van der Waals surface area contributed by atoms with Gasteiger partial charge in [-0.25, -0.2) is 0 Å². The Bertz CT molecular complexity index is 1060. The van der Waals surface area contributed by atoms with Crippen molar-refractivity contribution in [3.63, 3.8) is 0 Å². The highest BCUT2D eigenvalue weighted by Gasteiger charge is 2.51. The van der Waals surface area contributed by atoms with Gasteiger partial charge in [-0.2, -0.15) is 0 Å². The van der Waals surface area contributed by atoms with Crippen LogP contribution in [0.4, 0.5) is 0 Å². The van der Waals surface area contributed by atoms with Gasteiger partial charge in [0.1, 0.15) is 0 Å². The number of piperidine rings is 1. The summed E-state index contributed by atoms with van der Waals surface area (Å²) in [5, 5.41) is 13.3. The van der Waals surface area contributed by atoms with Crippen molar-refractivity contribution < 1.29 is 5.11 Å². The first-order chi connectivity index (χ1) is 15.5. The van der Waals surface area contributed by atoms with Gasteiger partial charge in [0.25, 0.3) is 0 Å². The summed E-state index contributed by atoms with van der Waals surface area (Å²) in [6, 6.07) is 24.5. The van der Waals surface area contributed by atoms with Gasteiger partial charge in [-0.05, 0) is 60.1 Å². The van der Waals surface area contributed by atoms with Crippen LogP contribution in [-0.2, 0) is 12.1 Å². The summed E-state index contributed by atoms with van der Waals surface area (Å²) in [4.78, 5) is 2.56. The lowest BCUT2D eigenvalue weighted by Gasteiger charge is -2.48. The molecule has 32 heavy (non-hydrogen) atoms. The van der Waals surface area contributed by atoms with Crippen LogP contribution in [0.2, 0.25) is 10.0 Å². The Morgan fingerprint density at radius 3 is 1.88 bits per heavy atom. The van der Waals surface area contributed by atoms with E-state index in [-0.39, 0.29) is 18.1 Å². The van der Waals surface area contributed by atoms with Crippen LogP contribution in [0.5, 0.6) is 0 Å². The maximum absolute atomic E-state index is 11.9. The summed E-state index contributed by atoms with van der Waals surface area (Å²) >= 11 is 13.4. The number of nitrogens with two attached hydrogens (primary N) is 1. The quantitative estimate of drug-likeness (QED) is 0.480. The van der Waals surface area contributed by atoms with Crippen LogP contribution in [0.25, 0.3) is 0 Å². The van der Waals surface area contributed by atoms with Crippen LogP contribution in [-0.4, -0.2) is 22.1 Å². The Morgan fingerprint density at radius 2 is 1.34 bits per heavy atom. The minimum Gasteiger partial charge on any atom is -0.385 e. The fourth-order valence-corrected chi connectivity index (χ4v) is 6.41. The molecule has 2 heterocycles. The van der Waals surface area contributed by atoms with Gasteiger partial charge in [0.2, 0.25) is 0 Å². The molecule has 2 aliphatic rings. The predicted molar refractivity (Wildman–Crippen MR) is 131 cm³/mol. The average molecular weight is 467 g/mol. The SMILES string of the molecule is NCc1ccccc1C1(O)CC2CCC(C1)N2C(c1ccccc1Cl)c1ccccc1Cl. The van der Waals surface area contributed by atoms with Gasteiger partial charge in [-0.15, -0.1) is 0 Å². The van der Waals surface area contributed by atoms with Gasteiger partial charge >= 0.3 is 0 Å². The van der Waals surface area contributed by atoms with Gasteiger partial charge in [0.05, 0.1) is 11.6 Å². The van der Waals surface area contributed by atoms with Crippen LogP contribution >= 0.6 is 23.2 Å². The topological polar surface area (TPSA) is 49.5 Å². The van der Waals surface area contributed by atoms with Gasteiger partial charge in [0, 0.05) is 28.7 Å². The number of benzene rings is 3. The van der Waals surface area contributed by atoms with E-state index in [0.29, 0.717) is 19.4 Å². The fraction of sp³-hybridized carbons (Fsp3) is 0.333. The molecule has 0 radical (unpaired) electrons. The third kappa shape index (κ3) is 3.76. The first-order valence-electron chi connectivity index (χ1n) is 11.3. The molecule has 0 amide bonds. The molecule has 2 unspecified atom stereocenters. The smallest absolute Gasteiger partial charge is 0.0929 e. The van der Waals surface area contributed by atoms with Crippen LogP contribution in [0, 0.1) is 0 Å². The summed E-state index contributed by atoms with van der Waals surface area (Å²) in [6.45, 7) is 0.430. The zero-order chi connectivity index (χ0) is 22.3. The molecule has 3 aromatic rings. The van der Waals surface area contributed by atoms with Crippen molar-refractivity contribution in [2.75, 3.05) is 0 Å². The Morgan fingerprint density at radius 1 is 0.844 bits per heavy atom. The Kier molecular flexibility index (Phi) is 6.04.